The molecule has 7 aromatic carbocycles. The molecule has 0 amide bonds. The second-order valence-corrected chi connectivity index (χ2v) is 17.5. The molecule has 1 atom stereocenters. The third-order valence-electron chi connectivity index (χ3n) is 14.7. The summed E-state index contributed by atoms with van der Waals surface area (Å²) in [4.78, 5) is 2.69. The van der Waals surface area contributed by atoms with E-state index in [9.17, 15) is 0 Å². The standard InChI is InChI=1S/C57H47N/c1-37-16-4-5-17-42(37)43-29-26-39(34-38(43)2)58(40-27-30-48-44-18-6-10-22-50(44)56(54(48)35-40)32-14-3-15-33-56)41-28-31-49-47-21-9-13-25-53(47)57(55(49)36-41)51-23-11-7-19-45(51)46-20-8-12-24-52(46)57/h4-13,16-31,35-36,39H,3,14-15,32-34H2,1-2H3. The highest BCUT2D eigenvalue weighted by Gasteiger charge is 2.52. The minimum atomic E-state index is -0.386. The minimum absolute atomic E-state index is 0.0863. The molecule has 1 heteroatoms. The molecule has 1 unspecified atom stereocenters. The van der Waals surface area contributed by atoms with Gasteiger partial charge in [0.2, 0.25) is 0 Å². The molecular weight excluding hydrogens is 699 g/mol. The molecule has 0 heterocycles. The second kappa shape index (κ2) is 12.7. The molecule has 12 rings (SSSR count). The first kappa shape index (κ1) is 33.9. The zero-order valence-corrected chi connectivity index (χ0v) is 33.4. The molecule has 2 spiro atoms. The Balaban J connectivity index is 1.08. The van der Waals surface area contributed by atoms with Crippen LogP contribution in [0.25, 0.3) is 39.0 Å². The van der Waals surface area contributed by atoms with Crippen molar-refractivity contribution >= 4 is 16.9 Å². The number of rotatable bonds is 4. The maximum absolute atomic E-state index is 2.69. The largest absolute Gasteiger partial charge is 0.334 e. The summed E-state index contributed by atoms with van der Waals surface area (Å²) in [5.41, 5.74) is 24.6. The van der Waals surface area contributed by atoms with Crippen LogP contribution in [0.4, 0.5) is 11.4 Å². The highest BCUT2D eigenvalue weighted by Crippen LogP contribution is 2.63. The lowest BCUT2D eigenvalue weighted by Crippen LogP contribution is -2.33. The van der Waals surface area contributed by atoms with Crippen LogP contribution in [-0.4, -0.2) is 6.04 Å². The van der Waals surface area contributed by atoms with E-state index in [-0.39, 0.29) is 16.9 Å². The molecule has 280 valence electrons. The normalized spacial score (nSPS) is 18.4. The molecule has 0 aliphatic heterocycles. The van der Waals surface area contributed by atoms with E-state index >= 15 is 0 Å². The molecular formula is C57H47N. The fourth-order valence-electron chi connectivity index (χ4n) is 12.3. The van der Waals surface area contributed by atoms with Gasteiger partial charge in [-0.2, -0.15) is 0 Å². The topological polar surface area (TPSA) is 3.24 Å². The predicted molar refractivity (Wildman–Crippen MR) is 242 cm³/mol. The molecule has 0 N–H and O–H groups in total. The molecule has 0 saturated heterocycles. The van der Waals surface area contributed by atoms with E-state index in [4.69, 9.17) is 0 Å². The highest BCUT2D eigenvalue weighted by molar-refractivity contribution is 5.96. The fraction of sp³-hybridized carbons (Fsp3) is 0.193. The van der Waals surface area contributed by atoms with Gasteiger partial charge in [0.05, 0.1) is 11.5 Å². The van der Waals surface area contributed by atoms with Gasteiger partial charge in [0.1, 0.15) is 0 Å². The Morgan fingerprint density at radius 2 is 0.914 bits per heavy atom. The number of nitrogens with zero attached hydrogens (tertiary/aromatic N) is 1. The summed E-state index contributed by atoms with van der Waals surface area (Å²) in [6, 6.07) is 60.7. The van der Waals surface area contributed by atoms with Crippen molar-refractivity contribution in [3.63, 3.8) is 0 Å². The van der Waals surface area contributed by atoms with Crippen molar-refractivity contribution in [2.75, 3.05) is 4.90 Å². The number of aryl methyl sites for hydroxylation is 1. The number of fused-ring (bicyclic) bond motifs is 15. The summed E-state index contributed by atoms with van der Waals surface area (Å²) in [6.45, 7) is 4.59. The van der Waals surface area contributed by atoms with Gasteiger partial charge in [-0.25, -0.2) is 0 Å². The van der Waals surface area contributed by atoms with Crippen LogP contribution in [0.2, 0.25) is 0 Å². The summed E-state index contributed by atoms with van der Waals surface area (Å²) in [7, 11) is 0. The Hall–Kier alpha value is -6.18. The number of hydrogen-bond donors (Lipinski definition) is 0. The van der Waals surface area contributed by atoms with E-state index in [2.05, 4.69) is 189 Å². The van der Waals surface area contributed by atoms with Crippen LogP contribution in [-0.2, 0) is 10.8 Å². The Kier molecular flexibility index (Phi) is 7.40. The Morgan fingerprint density at radius 1 is 0.448 bits per heavy atom. The summed E-state index contributed by atoms with van der Waals surface area (Å²) in [5, 5.41) is 0. The molecule has 0 aromatic heterocycles. The first-order valence-electron chi connectivity index (χ1n) is 21.5. The van der Waals surface area contributed by atoms with Gasteiger partial charge in [0.25, 0.3) is 0 Å². The Morgan fingerprint density at radius 3 is 1.48 bits per heavy atom. The lowest BCUT2D eigenvalue weighted by atomic mass is 9.68. The van der Waals surface area contributed by atoms with Crippen molar-refractivity contribution in [1.29, 1.82) is 0 Å². The molecule has 5 aliphatic carbocycles. The van der Waals surface area contributed by atoms with Gasteiger partial charge in [-0.3, -0.25) is 0 Å². The van der Waals surface area contributed by atoms with Gasteiger partial charge in [-0.05, 0) is 141 Å². The zero-order chi connectivity index (χ0) is 38.6. The van der Waals surface area contributed by atoms with E-state index < -0.39 is 0 Å². The zero-order valence-electron chi connectivity index (χ0n) is 33.4. The molecule has 58 heavy (non-hydrogen) atoms. The SMILES string of the molecule is CC1=C(c2ccccc2C)C=CC(N(c2ccc3c(c2)C2(CCCCC2)c2ccccc2-3)c2ccc3c(c2)C2(c4ccccc4-c4ccccc42)c2ccccc2-3)C1. The lowest BCUT2D eigenvalue weighted by Gasteiger charge is -2.38. The van der Waals surface area contributed by atoms with Crippen LogP contribution in [0, 0.1) is 6.92 Å². The van der Waals surface area contributed by atoms with E-state index in [1.165, 1.54) is 127 Å². The Bertz CT molecular complexity index is 2830. The predicted octanol–water partition coefficient (Wildman–Crippen LogP) is 14.5. The number of benzene rings is 7. The van der Waals surface area contributed by atoms with Gasteiger partial charge in [-0.15, -0.1) is 0 Å². The van der Waals surface area contributed by atoms with Crippen LogP contribution in [0.5, 0.6) is 0 Å². The third-order valence-corrected chi connectivity index (χ3v) is 14.7. The highest BCUT2D eigenvalue weighted by atomic mass is 15.2. The molecule has 1 fully saturated rings. The van der Waals surface area contributed by atoms with Crippen molar-refractivity contribution in [3.8, 4) is 33.4 Å². The molecule has 0 bridgehead atoms. The second-order valence-electron chi connectivity index (χ2n) is 17.5. The monoisotopic (exact) mass is 745 g/mol. The number of hydrogen-bond acceptors (Lipinski definition) is 1. The van der Waals surface area contributed by atoms with E-state index in [0.29, 0.717) is 0 Å². The summed E-state index contributed by atoms with van der Waals surface area (Å²) in [5.74, 6) is 0. The first-order chi connectivity index (χ1) is 28.6. The van der Waals surface area contributed by atoms with Crippen LogP contribution >= 0.6 is 0 Å². The average molecular weight is 746 g/mol. The van der Waals surface area contributed by atoms with E-state index in [0.717, 1.165) is 6.42 Å². The molecule has 0 radical (unpaired) electrons. The van der Waals surface area contributed by atoms with Crippen molar-refractivity contribution in [2.45, 2.75) is 69.2 Å². The van der Waals surface area contributed by atoms with Gasteiger partial charge in [-0.1, -0.05) is 170 Å². The average Bonchev–Trinajstić information content (AvgIpc) is 3.84. The maximum atomic E-state index is 2.69. The van der Waals surface area contributed by atoms with Gasteiger partial charge >= 0.3 is 0 Å². The molecule has 7 aromatic rings. The minimum Gasteiger partial charge on any atom is -0.334 e. The molecule has 1 nitrogen and oxygen atoms in total. The van der Waals surface area contributed by atoms with Gasteiger partial charge < -0.3 is 4.90 Å². The Labute approximate surface area is 343 Å². The van der Waals surface area contributed by atoms with Crippen molar-refractivity contribution in [3.05, 3.63) is 220 Å². The summed E-state index contributed by atoms with van der Waals surface area (Å²) < 4.78 is 0. The van der Waals surface area contributed by atoms with Crippen molar-refractivity contribution < 1.29 is 0 Å². The van der Waals surface area contributed by atoms with Crippen LogP contribution in [0.15, 0.2) is 175 Å². The van der Waals surface area contributed by atoms with Gasteiger partial charge in [0, 0.05) is 16.8 Å². The fourth-order valence-corrected chi connectivity index (χ4v) is 12.3. The smallest absolute Gasteiger partial charge is 0.0726 e. The first-order valence-corrected chi connectivity index (χ1v) is 21.5. The number of anilines is 2. The molecule has 1 saturated carbocycles. The van der Waals surface area contributed by atoms with Crippen LogP contribution < -0.4 is 4.90 Å². The molecule has 5 aliphatic rings. The third kappa shape index (κ3) is 4.53. The van der Waals surface area contributed by atoms with Crippen molar-refractivity contribution in [2.24, 2.45) is 0 Å². The van der Waals surface area contributed by atoms with E-state index in [1.807, 2.05) is 0 Å². The summed E-state index contributed by atoms with van der Waals surface area (Å²) in [6.07, 6.45) is 12.2. The van der Waals surface area contributed by atoms with Gasteiger partial charge in [0.15, 0.2) is 0 Å². The van der Waals surface area contributed by atoms with Crippen LogP contribution in [0.3, 0.4) is 0 Å². The maximum Gasteiger partial charge on any atom is 0.0726 e. The van der Waals surface area contributed by atoms with Crippen molar-refractivity contribution in [1.82, 2.24) is 0 Å². The number of allylic oxidation sites excluding steroid dienone is 2. The van der Waals surface area contributed by atoms with E-state index in [1.54, 1.807) is 5.56 Å². The van der Waals surface area contributed by atoms with Crippen LogP contribution in [0.1, 0.15) is 90.0 Å². The quantitative estimate of drug-likeness (QED) is 0.173. The summed E-state index contributed by atoms with van der Waals surface area (Å²) >= 11 is 0. The lowest BCUT2D eigenvalue weighted by molar-refractivity contribution is 0.353.